The smallest absolute Gasteiger partial charge is 0.171 e. The van der Waals surface area contributed by atoms with Crippen molar-refractivity contribution >= 4 is 17.1 Å². The highest BCUT2D eigenvalue weighted by Crippen LogP contribution is 2.21. The Morgan fingerprint density at radius 2 is 1.94 bits per heavy atom. The Morgan fingerprint density at radius 3 is 2.47 bits per heavy atom. The third-order valence-electron chi connectivity index (χ3n) is 3.22. The zero-order valence-electron chi connectivity index (χ0n) is 10.7. The first-order valence-electron chi connectivity index (χ1n) is 6.36. The summed E-state index contributed by atoms with van der Waals surface area (Å²) in [6, 6.07) is 0. The van der Waals surface area contributed by atoms with Crippen LogP contribution in [0.1, 0.15) is 53.0 Å². The minimum absolute atomic E-state index is 0.141. The maximum absolute atomic E-state index is 11.4. The van der Waals surface area contributed by atoms with E-state index in [1.54, 1.807) is 18.3 Å². The fourth-order valence-corrected chi connectivity index (χ4v) is 3.33. The quantitative estimate of drug-likeness (QED) is 0.775. The topological polar surface area (TPSA) is 33.2 Å². The molecule has 1 fully saturated rings. The summed E-state index contributed by atoms with van der Waals surface area (Å²) < 4.78 is 0. The number of likely N-dealkylation sites (tertiary alicyclic amines) is 1. The lowest BCUT2D eigenvalue weighted by atomic mass is 10.2. The van der Waals surface area contributed by atoms with Gasteiger partial charge in [0.05, 0.1) is 17.1 Å². The van der Waals surface area contributed by atoms with Crippen LogP contribution in [-0.4, -0.2) is 28.8 Å². The molecule has 0 N–H and O–H groups in total. The minimum Gasteiger partial charge on any atom is -0.297 e. The summed E-state index contributed by atoms with van der Waals surface area (Å²) in [7, 11) is 0. The molecule has 3 nitrogen and oxygen atoms in total. The van der Waals surface area contributed by atoms with E-state index in [0.29, 0.717) is 0 Å². The fourth-order valence-electron chi connectivity index (χ4n) is 2.33. The van der Waals surface area contributed by atoms with Crippen LogP contribution in [0.4, 0.5) is 0 Å². The number of thiazole rings is 1. The molecule has 1 aromatic rings. The third-order valence-corrected chi connectivity index (χ3v) is 4.46. The first-order chi connectivity index (χ1) is 8.16. The van der Waals surface area contributed by atoms with Crippen molar-refractivity contribution in [3.63, 3.8) is 0 Å². The fraction of sp³-hybridized carbons (Fsp3) is 0.692. The third kappa shape index (κ3) is 3.36. The van der Waals surface area contributed by atoms with E-state index in [0.717, 1.165) is 22.1 Å². The van der Waals surface area contributed by atoms with Crippen LogP contribution in [0.2, 0.25) is 0 Å². The molecule has 4 heteroatoms. The summed E-state index contributed by atoms with van der Waals surface area (Å²) in [6.45, 7) is 6.82. The molecule has 1 aliphatic rings. The molecule has 0 amide bonds. The maximum atomic E-state index is 11.4. The van der Waals surface area contributed by atoms with E-state index in [-0.39, 0.29) is 5.78 Å². The molecule has 1 aliphatic heterocycles. The van der Waals surface area contributed by atoms with Gasteiger partial charge in [0.2, 0.25) is 0 Å². The van der Waals surface area contributed by atoms with Gasteiger partial charge in [-0.2, -0.15) is 0 Å². The number of ketones is 1. The number of aromatic nitrogens is 1. The molecule has 0 unspecified atom stereocenters. The molecular formula is C13H20N2OS. The Kier molecular flexibility index (Phi) is 4.29. The lowest BCUT2D eigenvalue weighted by molar-refractivity contribution is 0.102. The number of hydrogen-bond acceptors (Lipinski definition) is 4. The van der Waals surface area contributed by atoms with Gasteiger partial charge in [-0.15, -0.1) is 11.3 Å². The van der Waals surface area contributed by atoms with Crippen LogP contribution in [-0.2, 0) is 6.54 Å². The SMILES string of the molecule is CC(=O)c1sc(CN2CCCCCC2)nc1C. The van der Waals surface area contributed by atoms with Gasteiger partial charge in [-0.25, -0.2) is 4.98 Å². The molecule has 0 atom stereocenters. The highest BCUT2D eigenvalue weighted by atomic mass is 32.1. The van der Waals surface area contributed by atoms with E-state index in [4.69, 9.17) is 0 Å². The highest BCUT2D eigenvalue weighted by molar-refractivity contribution is 7.13. The average molecular weight is 252 g/mol. The number of carbonyl (C=O) groups is 1. The standard InChI is InChI=1S/C13H20N2OS/c1-10-13(11(2)16)17-12(14-10)9-15-7-5-3-4-6-8-15/h3-9H2,1-2H3. The minimum atomic E-state index is 0.141. The Balaban J connectivity index is 2.02. The second-order valence-electron chi connectivity index (χ2n) is 4.77. The van der Waals surface area contributed by atoms with E-state index >= 15 is 0 Å². The van der Waals surface area contributed by atoms with Crippen LogP contribution in [0.3, 0.4) is 0 Å². The predicted octanol–water partition coefficient (Wildman–Crippen LogP) is 3.03. The first kappa shape index (κ1) is 12.7. The molecule has 0 bridgehead atoms. The van der Waals surface area contributed by atoms with Gasteiger partial charge < -0.3 is 0 Å². The van der Waals surface area contributed by atoms with Crippen LogP contribution in [0.5, 0.6) is 0 Å². The van der Waals surface area contributed by atoms with E-state index in [1.807, 2.05) is 6.92 Å². The molecular weight excluding hydrogens is 232 g/mol. The van der Waals surface area contributed by atoms with E-state index in [1.165, 1.54) is 38.8 Å². The van der Waals surface area contributed by atoms with Gasteiger partial charge in [-0.05, 0) is 32.9 Å². The van der Waals surface area contributed by atoms with Gasteiger partial charge >= 0.3 is 0 Å². The highest BCUT2D eigenvalue weighted by Gasteiger charge is 2.15. The summed E-state index contributed by atoms with van der Waals surface area (Å²) in [4.78, 5) is 19.2. The summed E-state index contributed by atoms with van der Waals surface area (Å²) in [5.41, 5.74) is 0.896. The Bertz CT molecular complexity index is 392. The van der Waals surface area contributed by atoms with E-state index in [2.05, 4.69) is 9.88 Å². The molecule has 94 valence electrons. The second-order valence-corrected chi connectivity index (χ2v) is 5.85. The monoisotopic (exact) mass is 252 g/mol. The van der Waals surface area contributed by atoms with Crippen molar-refractivity contribution < 1.29 is 4.79 Å². The summed E-state index contributed by atoms with van der Waals surface area (Å²) in [5, 5.41) is 1.09. The van der Waals surface area contributed by atoms with Gasteiger partial charge in [0.15, 0.2) is 5.78 Å². The van der Waals surface area contributed by atoms with E-state index < -0.39 is 0 Å². The number of rotatable bonds is 3. The molecule has 0 saturated carbocycles. The second kappa shape index (κ2) is 5.74. The van der Waals surface area contributed by atoms with Gasteiger partial charge in [-0.1, -0.05) is 12.8 Å². The molecule has 2 heterocycles. The molecule has 17 heavy (non-hydrogen) atoms. The lowest BCUT2D eigenvalue weighted by Gasteiger charge is -2.17. The van der Waals surface area contributed by atoms with Crippen molar-refractivity contribution in [1.29, 1.82) is 0 Å². The van der Waals surface area contributed by atoms with E-state index in [9.17, 15) is 4.79 Å². The zero-order chi connectivity index (χ0) is 12.3. The summed E-state index contributed by atoms with van der Waals surface area (Å²) >= 11 is 1.57. The van der Waals surface area contributed by atoms with Crippen LogP contribution < -0.4 is 0 Å². The predicted molar refractivity (Wildman–Crippen MR) is 70.6 cm³/mol. The van der Waals surface area contributed by atoms with Crippen molar-refractivity contribution in [3.05, 3.63) is 15.6 Å². The summed E-state index contributed by atoms with van der Waals surface area (Å²) in [5.74, 6) is 0.141. The van der Waals surface area contributed by atoms with Crippen molar-refractivity contribution in [2.24, 2.45) is 0 Å². The normalized spacial score (nSPS) is 18.0. The van der Waals surface area contributed by atoms with Gasteiger partial charge in [0.25, 0.3) is 0 Å². The molecule has 0 aromatic carbocycles. The Labute approximate surface area is 107 Å². The van der Waals surface area contributed by atoms with Crippen LogP contribution >= 0.6 is 11.3 Å². The maximum Gasteiger partial charge on any atom is 0.171 e. The molecule has 0 spiro atoms. The van der Waals surface area contributed by atoms with Crippen molar-refractivity contribution in [1.82, 2.24) is 9.88 Å². The lowest BCUT2D eigenvalue weighted by Crippen LogP contribution is -2.23. The van der Waals surface area contributed by atoms with Crippen molar-refractivity contribution in [2.45, 2.75) is 46.1 Å². The number of aryl methyl sites for hydroxylation is 1. The molecule has 0 aliphatic carbocycles. The van der Waals surface area contributed by atoms with Crippen LogP contribution in [0, 0.1) is 6.92 Å². The zero-order valence-corrected chi connectivity index (χ0v) is 11.5. The average Bonchev–Trinajstić information content (AvgIpc) is 2.50. The summed E-state index contributed by atoms with van der Waals surface area (Å²) in [6.07, 6.45) is 5.30. The number of Topliss-reactive ketones (excluding diaryl/α,β-unsaturated/α-hetero) is 1. The first-order valence-corrected chi connectivity index (χ1v) is 7.18. The molecule has 0 radical (unpaired) electrons. The van der Waals surface area contributed by atoms with Gasteiger partial charge in [0.1, 0.15) is 5.01 Å². The number of hydrogen-bond donors (Lipinski definition) is 0. The van der Waals surface area contributed by atoms with Crippen LogP contribution in [0.25, 0.3) is 0 Å². The largest absolute Gasteiger partial charge is 0.297 e. The van der Waals surface area contributed by atoms with Gasteiger partial charge in [-0.3, -0.25) is 9.69 Å². The molecule has 1 aromatic heterocycles. The number of carbonyl (C=O) groups excluding carboxylic acids is 1. The van der Waals surface area contributed by atoms with Crippen molar-refractivity contribution in [2.75, 3.05) is 13.1 Å². The van der Waals surface area contributed by atoms with Crippen LogP contribution in [0.15, 0.2) is 0 Å². The van der Waals surface area contributed by atoms with Gasteiger partial charge in [0, 0.05) is 6.92 Å². The van der Waals surface area contributed by atoms with Crippen molar-refractivity contribution in [3.8, 4) is 0 Å². The molecule has 2 rings (SSSR count). The number of nitrogens with zero attached hydrogens (tertiary/aromatic N) is 2. The molecule has 1 saturated heterocycles. The Hall–Kier alpha value is -0.740. The Morgan fingerprint density at radius 1 is 1.29 bits per heavy atom.